The summed E-state index contributed by atoms with van der Waals surface area (Å²) in [7, 11) is 0. The fraction of sp³-hybridized carbons (Fsp3) is 0.208. The van der Waals surface area contributed by atoms with E-state index in [1.807, 2.05) is 38.1 Å². The molecule has 6 nitrogen and oxygen atoms in total. The molecule has 0 aliphatic heterocycles. The van der Waals surface area contributed by atoms with Crippen molar-refractivity contribution in [2.45, 2.75) is 33.2 Å². The number of benzene rings is 2. The van der Waals surface area contributed by atoms with Crippen molar-refractivity contribution in [3.05, 3.63) is 84.2 Å². The zero-order valence-electron chi connectivity index (χ0n) is 17.4. The first-order chi connectivity index (χ1) is 14.5. The molecule has 0 bridgehead atoms. The lowest BCUT2D eigenvalue weighted by Gasteiger charge is -2.13. The van der Waals surface area contributed by atoms with Gasteiger partial charge in [0.1, 0.15) is 6.04 Å². The van der Waals surface area contributed by atoms with Crippen LogP contribution in [0.2, 0.25) is 0 Å². The van der Waals surface area contributed by atoms with E-state index in [-0.39, 0.29) is 11.8 Å². The van der Waals surface area contributed by atoms with Gasteiger partial charge in [-0.1, -0.05) is 42.8 Å². The zero-order valence-corrected chi connectivity index (χ0v) is 17.4. The second-order valence-corrected chi connectivity index (χ2v) is 7.11. The molecule has 0 aliphatic carbocycles. The van der Waals surface area contributed by atoms with Gasteiger partial charge in [-0.3, -0.25) is 14.3 Å². The van der Waals surface area contributed by atoms with E-state index >= 15 is 0 Å². The summed E-state index contributed by atoms with van der Waals surface area (Å²) in [5, 5.41) is 9.83. The van der Waals surface area contributed by atoms with E-state index in [4.69, 9.17) is 0 Å². The van der Waals surface area contributed by atoms with Crippen LogP contribution in [0.3, 0.4) is 0 Å². The molecular formula is C24H26N4O2. The Morgan fingerprint density at radius 3 is 2.40 bits per heavy atom. The van der Waals surface area contributed by atoms with E-state index in [9.17, 15) is 9.59 Å². The Morgan fingerprint density at radius 1 is 1.07 bits per heavy atom. The van der Waals surface area contributed by atoms with Gasteiger partial charge in [0.25, 0.3) is 0 Å². The molecule has 1 heterocycles. The van der Waals surface area contributed by atoms with Gasteiger partial charge in [-0.05, 0) is 55.7 Å². The highest BCUT2D eigenvalue weighted by Crippen LogP contribution is 2.20. The van der Waals surface area contributed by atoms with Gasteiger partial charge in [0, 0.05) is 29.8 Å². The molecule has 1 aromatic heterocycles. The summed E-state index contributed by atoms with van der Waals surface area (Å²) < 4.78 is 1.59. The van der Waals surface area contributed by atoms with E-state index in [2.05, 4.69) is 15.7 Å². The van der Waals surface area contributed by atoms with Crippen molar-refractivity contribution in [1.29, 1.82) is 0 Å². The molecular weight excluding hydrogens is 376 g/mol. The first kappa shape index (κ1) is 21.0. The van der Waals surface area contributed by atoms with Crippen LogP contribution in [0, 0.1) is 6.92 Å². The van der Waals surface area contributed by atoms with E-state index < -0.39 is 6.04 Å². The lowest BCUT2D eigenvalue weighted by atomic mass is 10.0. The number of hydrogen-bond acceptors (Lipinski definition) is 3. The van der Waals surface area contributed by atoms with Gasteiger partial charge in [-0.25, -0.2) is 0 Å². The van der Waals surface area contributed by atoms with Crippen molar-refractivity contribution in [1.82, 2.24) is 9.78 Å². The zero-order chi connectivity index (χ0) is 21.5. The lowest BCUT2D eigenvalue weighted by Crippen LogP contribution is -2.24. The third-order valence-corrected chi connectivity index (χ3v) is 4.81. The average Bonchev–Trinajstić information content (AvgIpc) is 3.27. The Kier molecular flexibility index (Phi) is 6.80. The van der Waals surface area contributed by atoms with Crippen LogP contribution in [-0.4, -0.2) is 21.6 Å². The monoisotopic (exact) mass is 402 g/mol. The molecule has 0 aliphatic rings. The highest BCUT2D eigenvalue weighted by atomic mass is 16.2. The molecule has 2 N–H and O–H groups in total. The molecule has 30 heavy (non-hydrogen) atoms. The highest BCUT2D eigenvalue weighted by molar-refractivity contribution is 6.04. The maximum absolute atomic E-state index is 12.5. The van der Waals surface area contributed by atoms with Gasteiger partial charge in [0.15, 0.2) is 0 Å². The summed E-state index contributed by atoms with van der Waals surface area (Å²) in [5.74, 6) is -0.393. The number of carbonyl (C=O) groups is 2. The summed E-state index contributed by atoms with van der Waals surface area (Å²) in [6, 6.07) is 16.5. The van der Waals surface area contributed by atoms with Crippen LogP contribution >= 0.6 is 0 Å². The van der Waals surface area contributed by atoms with Gasteiger partial charge >= 0.3 is 0 Å². The van der Waals surface area contributed by atoms with Gasteiger partial charge in [-0.2, -0.15) is 5.10 Å². The number of hydrogen-bond donors (Lipinski definition) is 2. The van der Waals surface area contributed by atoms with E-state index in [1.54, 1.807) is 60.4 Å². The van der Waals surface area contributed by atoms with Gasteiger partial charge in [-0.15, -0.1) is 0 Å². The van der Waals surface area contributed by atoms with Crippen molar-refractivity contribution in [3.63, 3.8) is 0 Å². The Hall–Kier alpha value is -3.67. The SMILES string of the molecule is CC/C(=C\C(=O)Nc1cccc(NC(=O)C(C)n2cccn2)c1)c1ccc(C)cc1. The largest absolute Gasteiger partial charge is 0.324 e. The number of rotatable bonds is 7. The minimum absolute atomic E-state index is 0.185. The molecule has 2 amide bonds. The van der Waals surface area contributed by atoms with Crippen LogP contribution in [0.5, 0.6) is 0 Å². The van der Waals surface area contributed by atoms with Gasteiger partial charge in [0.05, 0.1) is 0 Å². The van der Waals surface area contributed by atoms with E-state index in [0.717, 1.165) is 17.6 Å². The Balaban J connectivity index is 1.67. The molecule has 1 atom stereocenters. The normalized spacial score (nSPS) is 12.3. The number of carbonyl (C=O) groups excluding carboxylic acids is 2. The molecule has 3 aromatic rings. The molecule has 0 saturated heterocycles. The lowest BCUT2D eigenvalue weighted by molar-refractivity contribution is -0.119. The maximum atomic E-state index is 12.5. The summed E-state index contributed by atoms with van der Waals surface area (Å²) in [4.78, 5) is 25.0. The van der Waals surface area contributed by atoms with Crippen molar-refractivity contribution < 1.29 is 9.59 Å². The van der Waals surface area contributed by atoms with Gasteiger partial charge < -0.3 is 10.6 Å². The predicted molar refractivity (Wildman–Crippen MR) is 120 cm³/mol. The van der Waals surface area contributed by atoms with Gasteiger partial charge in [0.2, 0.25) is 11.8 Å². The highest BCUT2D eigenvalue weighted by Gasteiger charge is 2.15. The second kappa shape index (κ2) is 9.69. The van der Waals surface area contributed by atoms with Crippen molar-refractivity contribution in [2.75, 3.05) is 10.6 Å². The molecule has 6 heteroatoms. The number of aryl methyl sites for hydroxylation is 1. The first-order valence-electron chi connectivity index (χ1n) is 9.95. The third kappa shape index (κ3) is 5.44. The number of amides is 2. The Labute approximate surface area is 176 Å². The summed E-state index contributed by atoms with van der Waals surface area (Å²) in [6.07, 6.45) is 5.74. The molecule has 154 valence electrons. The molecule has 0 radical (unpaired) electrons. The molecule has 0 spiro atoms. The van der Waals surface area contributed by atoms with Crippen molar-refractivity contribution >= 4 is 28.8 Å². The maximum Gasteiger partial charge on any atom is 0.248 e. The minimum atomic E-state index is -0.442. The standard InChI is InChI=1S/C24H26N4O2/c1-4-19(20-11-9-17(2)10-12-20)15-23(29)26-21-7-5-8-22(16-21)27-24(30)18(3)28-14-6-13-25-28/h5-16,18H,4H2,1-3H3,(H,26,29)(H,27,30)/b19-15+. The quantitative estimate of drug-likeness (QED) is 0.556. The molecule has 3 rings (SSSR count). The molecule has 1 unspecified atom stereocenters. The number of nitrogens with zero attached hydrogens (tertiary/aromatic N) is 2. The first-order valence-corrected chi connectivity index (χ1v) is 9.95. The smallest absolute Gasteiger partial charge is 0.248 e. The summed E-state index contributed by atoms with van der Waals surface area (Å²) in [6.45, 7) is 5.83. The molecule has 0 fully saturated rings. The van der Waals surface area contributed by atoms with Crippen molar-refractivity contribution in [3.8, 4) is 0 Å². The molecule has 0 saturated carbocycles. The fourth-order valence-corrected chi connectivity index (χ4v) is 3.05. The molecule has 2 aromatic carbocycles. The van der Waals surface area contributed by atoms with Crippen LogP contribution in [0.15, 0.2) is 73.1 Å². The third-order valence-electron chi connectivity index (χ3n) is 4.81. The average molecular weight is 402 g/mol. The number of nitrogens with one attached hydrogen (secondary N) is 2. The van der Waals surface area contributed by atoms with Crippen LogP contribution in [0.1, 0.15) is 37.4 Å². The second-order valence-electron chi connectivity index (χ2n) is 7.11. The van der Waals surface area contributed by atoms with Crippen LogP contribution in [0.25, 0.3) is 5.57 Å². The minimum Gasteiger partial charge on any atom is -0.324 e. The van der Waals surface area contributed by atoms with Crippen LogP contribution < -0.4 is 10.6 Å². The fourth-order valence-electron chi connectivity index (χ4n) is 3.05. The van der Waals surface area contributed by atoms with E-state index in [0.29, 0.717) is 11.4 Å². The summed E-state index contributed by atoms with van der Waals surface area (Å²) >= 11 is 0. The van der Waals surface area contributed by atoms with Crippen LogP contribution in [0.4, 0.5) is 11.4 Å². The number of anilines is 2. The topological polar surface area (TPSA) is 76.0 Å². The van der Waals surface area contributed by atoms with Crippen molar-refractivity contribution in [2.24, 2.45) is 0 Å². The Bertz CT molecular complexity index is 1040. The number of allylic oxidation sites excluding steroid dienone is 1. The van der Waals surface area contributed by atoms with Crippen LogP contribution in [-0.2, 0) is 9.59 Å². The predicted octanol–water partition coefficient (Wildman–Crippen LogP) is 4.82. The number of aromatic nitrogens is 2. The summed E-state index contributed by atoms with van der Waals surface area (Å²) in [5.41, 5.74) is 4.39. The van der Waals surface area contributed by atoms with E-state index in [1.165, 1.54) is 5.56 Å². The Morgan fingerprint density at radius 2 is 1.77 bits per heavy atom.